The van der Waals surface area contributed by atoms with Gasteiger partial charge in [-0.25, -0.2) is 4.98 Å². The van der Waals surface area contributed by atoms with Crippen LogP contribution in [0.3, 0.4) is 0 Å². The highest BCUT2D eigenvalue weighted by molar-refractivity contribution is 7.80. The molecule has 2 aromatic heterocycles. The maximum Gasteiger partial charge on any atom is 0.254 e. The fourth-order valence-electron chi connectivity index (χ4n) is 4.07. The molecule has 34 heavy (non-hydrogen) atoms. The van der Waals surface area contributed by atoms with Crippen LogP contribution in [0, 0.1) is 17.8 Å². The van der Waals surface area contributed by atoms with Gasteiger partial charge in [0.25, 0.3) is 5.91 Å². The van der Waals surface area contributed by atoms with Crippen LogP contribution in [0.2, 0.25) is 0 Å². The Morgan fingerprint density at radius 1 is 1.21 bits per heavy atom. The van der Waals surface area contributed by atoms with E-state index in [1.165, 1.54) is 17.5 Å². The van der Waals surface area contributed by atoms with Crippen molar-refractivity contribution in [1.29, 1.82) is 0 Å². The number of aromatic nitrogens is 1. The number of thiocarbonyl (C=S) groups is 1. The van der Waals surface area contributed by atoms with E-state index in [4.69, 9.17) is 12.2 Å². The minimum absolute atomic E-state index is 0.00333. The minimum Gasteiger partial charge on any atom is -0.358 e. The number of anilines is 2. The molecule has 1 atom stereocenters. The molecule has 3 aliphatic rings. The predicted molar refractivity (Wildman–Crippen MR) is 133 cm³/mol. The molecule has 2 aromatic rings. The van der Waals surface area contributed by atoms with E-state index < -0.39 is 5.95 Å². The number of hydrogen-bond acceptors (Lipinski definition) is 6. The minimum atomic E-state index is -0.624. The number of aryl methyl sites for hydroxylation is 1. The average molecular weight is 503 g/mol. The SMILES string of the molecule is O=C(NCC1CC1)c1c(NC(=O)C2CC2)sc2c1C[C@@H](NC(=S)NNc1cccnc1F)CC2. The molecule has 0 bridgehead atoms. The van der Waals surface area contributed by atoms with E-state index in [2.05, 4.69) is 31.8 Å². The maximum atomic E-state index is 13.7. The molecule has 0 aromatic carbocycles. The highest BCUT2D eigenvalue weighted by Crippen LogP contribution is 2.40. The van der Waals surface area contributed by atoms with Gasteiger partial charge < -0.3 is 16.0 Å². The lowest BCUT2D eigenvalue weighted by Gasteiger charge is -2.25. The van der Waals surface area contributed by atoms with Crippen molar-refractivity contribution < 1.29 is 14.0 Å². The van der Waals surface area contributed by atoms with E-state index >= 15 is 0 Å². The third-order valence-electron chi connectivity index (χ3n) is 6.33. The first-order chi connectivity index (χ1) is 16.5. The Morgan fingerprint density at radius 3 is 2.76 bits per heavy atom. The Bertz CT molecular complexity index is 1110. The van der Waals surface area contributed by atoms with E-state index in [1.54, 1.807) is 12.1 Å². The van der Waals surface area contributed by atoms with Crippen LogP contribution in [0.1, 0.15) is 52.9 Å². The first-order valence-corrected chi connectivity index (χ1v) is 12.9. The molecule has 2 heterocycles. The van der Waals surface area contributed by atoms with Crippen molar-refractivity contribution in [2.45, 2.75) is 51.0 Å². The van der Waals surface area contributed by atoms with Gasteiger partial charge in [0.05, 0.1) is 5.56 Å². The fraction of sp³-hybridized carbons (Fsp3) is 0.478. The molecule has 8 nitrogen and oxygen atoms in total. The second-order valence-electron chi connectivity index (χ2n) is 9.13. The molecule has 3 aliphatic carbocycles. The number of hydrogen-bond donors (Lipinski definition) is 5. The smallest absolute Gasteiger partial charge is 0.254 e. The molecule has 2 saturated carbocycles. The summed E-state index contributed by atoms with van der Waals surface area (Å²) in [5, 5.41) is 10.3. The van der Waals surface area contributed by atoms with Gasteiger partial charge in [-0.2, -0.15) is 4.39 Å². The summed E-state index contributed by atoms with van der Waals surface area (Å²) in [7, 11) is 0. The zero-order chi connectivity index (χ0) is 23.7. The normalized spacial score (nSPS) is 19.0. The van der Waals surface area contributed by atoms with E-state index in [0.29, 0.717) is 34.6 Å². The van der Waals surface area contributed by atoms with E-state index in [0.717, 1.165) is 49.0 Å². The van der Waals surface area contributed by atoms with Crippen LogP contribution < -0.4 is 26.8 Å². The van der Waals surface area contributed by atoms with E-state index in [1.807, 2.05) is 0 Å². The second-order valence-corrected chi connectivity index (χ2v) is 10.6. The Labute approximate surface area is 206 Å². The van der Waals surface area contributed by atoms with Crippen LogP contribution in [0.15, 0.2) is 18.3 Å². The molecule has 5 rings (SSSR count). The summed E-state index contributed by atoms with van der Waals surface area (Å²) in [4.78, 5) is 30.3. The lowest BCUT2D eigenvalue weighted by atomic mass is 9.91. The van der Waals surface area contributed by atoms with E-state index in [-0.39, 0.29) is 29.5 Å². The topological polar surface area (TPSA) is 107 Å². The number of carbonyl (C=O) groups excluding carboxylic acids is 2. The monoisotopic (exact) mass is 502 g/mol. The lowest BCUT2D eigenvalue weighted by molar-refractivity contribution is -0.117. The number of fused-ring (bicyclic) bond motifs is 1. The second kappa shape index (κ2) is 9.83. The van der Waals surface area contributed by atoms with Gasteiger partial charge in [0, 0.05) is 29.6 Å². The van der Waals surface area contributed by atoms with Crippen LogP contribution in [-0.4, -0.2) is 34.5 Å². The van der Waals surface area contributed by atoms with Gasteiger partial charge in [0.2, 0.25) is 11.9 Å². The number of thiophene rings is 1. The molecule has 5 N–H and O–H groups in total. The molecular weight excluding hydrogens is 475 g/mol. The van der Waals surface area contributed by atoms with Gasteiger partial charge in [-0.1, -0.05) is 0 Å². The van der Waals surface area contributed by atoms with Crippen molar-refractivity contribution in [1.82, 2.24) is 21.0 Å². The average Bonchev–Trinajstić information content (AvgIpc) is 3.73. The van der Waals surface area contributed by atoms with Crippen LogP contribution >= 0.6 is 23.6 Å². The molecule has 11 heteroatoms. The predicted octanol–water partition coefficient (Wildman–Crippen LogP) is 3.12. The molecular formula is C23H27FN6O2S2. The summed E-state index contributed by atoms with van der Waals surface area (Å²) >= 11 is 6.89. The Morgan fingerprint density at radius 2 is 2.03 bits per heavy atom. The van der Waals surface area contributed by atoms with Gasteiger partial charge in [-0.15, -0.1) is 11.3 Å². The zero-order valence-corrected chi connectivity index (χ0v) is 20.2. The van der Waals surface area contributed by atoms with Crippen molar-refractivity contribution in [2.75, 3.05) is 17.3 Å². The Hall–Kier alpha value is -2.79. The van der Waals surface area contributed by atoms with Crippen molar-refractivity contribution in [2.24, 2.45) is 11.8 Å². The van der Waals surface area contributed by atoms with Gasteiger partial charge in [0.15, 0.2) is 5.11 Å². The number of carbonyl (C=O) groups is 2. The van der Waals surface area contributed by atoms with Crippen molar-refractivity contribution in [3.8, 4) is 0 Å². The number of nitrogens with zero attached hydrogens (tertiary/aromatic N) is 1. The summed E-state index contributed by atoms with van der Waals surface area (Å²) in [5.41, 5.74) is 7.28. The molecule has 0 saturated heterocycles. The van der Waals surface area contributed by atoms with E-state index in [9.17, 15) is 14.0 Å². The van der Waals surface area contributed by atoms with Gasteiger partial charge >= 0.3 is 0 Å². The summed E-state index contributed by atoms with van der Waals surface area (Å²) in [6, 6.07) is 3.18. The number of amides is 2. The number of hydrazine groups is 1. The first kappa shape index (κ1) is 23.0. The van der Waals surface area contributed by atoms with Crippen LogP contribution in [0.4, 0.5) is 15.1 Å². The van der Waals surface area contributed by atoms with Crippen molar-refractivity contribution in [3.63, 3.8) is 0 Å². The van der Waals surface area contributed by atoms with Crippen LogP contribution in [0.25, 0.3) is 0 Å². The fourth-order valence-corrected chi connectivity index (χ4v) is 5.53. The van der Waals surface area contributed by atoms with Gasteiger partial charge in [0.1, 0.15) is 10.7 Å². The van der Waals surface area contributed by atoms with Crippen LogP contribution in [-0.2, 0) is 17.6 Å². The molecule has 0 aliphatic heterocycles. The third kappa shape index (κ3) is 5.47. The lowest BCUT2D eigenvalue weighted by Crippen LogP contribution is -2.46. The summed E-state index contributed by atoms with van der Waals surface area (Å²) in [6.07, 6.45) is 7.73. The maximum absolute atomic E-state index is 13.7. The first-order valence-electron chi connectivity index (χ1n) is 11.6. The molecule has 180 valence electrons. The summed E-state index contributed by atoms with van der Waals surface area (Å²) < 4.78 is 13.7. The largest absolute Gasteiger partial charge is 0.358 e. The number of halogens is 1. The van der Waals surface area contributed by atoms with Crippen molar-refractivity contribution in [3.05, 3.63) is 40.3 Å². The van der Waals surface area contributed by atoms with Crippen molar-refractivity contribution >= 4 is 51.2 Å². The third-order valence-corrected chi connectivity index (χ3v) is 7.75. The molecule has 0 unspecified atom stereocenters. The Balaban J connectivity index is 1.26. The molecule has 0 spiro atoms. The molecule has 0 radical (unpaired) electrons. The zero-order valence-electron chi connectivity index (χ0n) is 18.6. The number of rotatable bonds is 8. The van der Waals surface area contributed by atoms with Gasteiger partial charge in [-0.3, -0.25) is 20.4 Å². The molecule has 2 fully saturated rings. The standard InChI is InChI=1S/C23H27FN6O2S2/c24-19-16(2-1-9-25-19)29-30-23(33)27-14-7-8-17-15(10-14)18(21(32)26-11-12-3-4-12)22(34-17)28-20(31)13-5-6-13/h1-2,9,12-14,29H,3-8,10-11H2,(H,26,32)(H,28,31)(H2,27,30,33)/t14-/m0/s1. The summed E-state index contributed by atoms with van der Waals surface area (Å²) in [6.45, 7) is 0.672. The van der Waals surface area contributed by atoms with Crippen LogP contribution in [0.5, 0.6) is 0 Å². The quantitative estimate of drug-likeness (QED) is 0.215. The molecule has 2 amide bonds. The number of pyridine rings is 1. The number of nitrogens with one attached hydrogen (secondary N) is 5. The Kier molecular flexibility index (Phi) is 6.64. The highest BCUT2D eigenvalue weighted by Gasteiger charge is 2.34. The summed E-state index contributed by atoms with van der Waals surface area (Å²) in [5.74, 6) is -0.107. The van der Waals surface area contributed by atoms with Gasteiger partial charge in [-0.05, 0) is 80.8 Å². The highest BCUT2D eigenvalue weighted by atomic mass is 32.1.